The minimum atomic E-state index is -3.06. The molecule has 0 radical (unpaired) electrons. The van der Waals surface area contributed by atoms with Crippen LogP contribution in [-0.4, -0.2) is 49.4 Å². The molecule has 0 spiro atoms. The Morgan fingerprint density at radius 1 is 1.39 bits per heavy atom. The first-order valence-electron chi connectivity index (χ1n) is 7.37. The number of carbonyl (C=O) groups is 2. The van der Waals surface area contributed by atoms with Crippen molar-refractivity contribution in [2.75, 3.05) is 23.4 Å². The van der Waals surface area contributed by atoms with Crippen molar-refractivity contribution in [1.29, 1.82) is 0 Å². The molecule has 2 amide bonds. The van der Waals surface area contributed by atoms with Crippen LogP contribution in [0.3, 0.4) is 0 Å². The van der Waals surface area contributed by atoms with E-state index in [0.717, 1.165) is 0 Å². The minimum Gasteiger partial charge on any atom is -0.427 e. The highest BCUT2D eigenvalue weighted by Gasteiger charge is 2.33. The first kappa shape index (κ1) is 17.3. The Bertz CT molecular complexity index is 702. The lowest BCUT2D eigenvalue weighted by atomic mass is 10.2. The van der Waals surface area contributed by atoms with Gasteiger partial charge in [-0.05, 0) is 25.5 Å². The molecule has 1 N–H and O–H groups in total. The summed E-state index contributed by atoms with van der Waals surface area (Å²) < 4.78 is 28.1. The zero-order chi connectivity index (χ0) is 17.0. The second kappa shape index (κ2) is 6.99. The van der Waals surface area contributed by atoms with Gasteiger partial charge in [-0.25, -0.2) is 13.2 Å². The van der Waals surface area contributed by atoms with Crippen LogP contribution in [-0.2, 0) is 14.6 Å². The standard InChI is InChI=1S/C15H20N2O5S/c1-3-17(13-7-8-23(20,21)10-13)15(19)16-12-5-4-6-14(9-12)22-11(2)18/h4-6,9,13H,3,7-8,10H2,1-2H3,(H,16,19). The third kappa shape index (κ3) is 4.69. The third-order valence-electron chi connectivity index (χ3n) is 3.60. The topological polar surface area (TPSA) is 92.8 Å². The summed E-state index contributed by atoms with van der Waals surface area (Å²) in [5, 5.41) is 2.71. The highest BCUT2D eigenvalue weighted by Crippen LogP contribution is 2.21. The van der Waals surface area contributed by atoms with Crippen LogP contribution in [0.5, 0.6) is 5.75 Å². The van der Waals surface area contributed by atoms with Crippen LogP contribution < -0.4 is 10.1 Å². The largest absolute Gasteiger partial charge is 0.427 e. The molecule has 23 heavy (non-hydrogen) atoms. The summed E-state index contributed by atoms with van der Waals surface area (Å²) in [5.41, 5.74) is 0.480. The lowest BCUT2D eigenvalue weighted by Gasteiger charge is -2.27. The fraction of sp³-hybridized carbons (Fsp3) is 0.467. The van der Waals surface area contributed by atoms with Gasteiger partial charge in [0.1, 0.15) is 5.75 Å². The van der Waals surface area contributed by atoms with E-state index in [1.165, 1.54) is 11.8 Å². The maximum atomic E-state index is 12.4. The maximum Gasteiger partial charge on any atom is 0.322 e. The zero-order valence-corrected chi connectivity index (χ0v) is 13.9. The Hall–Kier alpha value is -2.09. The number of esters is 1. The molecule has 0 saturated carbocycles. The monoisotopic (exact) mass is 340 g/mol. The summed E-state index contributed by atoms with van der Waals surface area (Å²) >= 11 is 0. The van der Waals surface area contributed by atoms with E-state index in [2.05, 4.69) is 5.32 Å². The van der Waals surface area contributed by atoms with Gasteiger partial charge >= 0.3 is 12.0 Å². The van der Waals surface area contributed by atoms with Crippen molar-refractivity contribution in [3.63, 3.8) is 0 Å². The number of nitrogens with zero attached hydrogens (tertiary/aromatic N) is 1. The molecule has 2 rings (SSSR count). The number of anilines is 1. The number of amides is 2. The van der Waals surface area contributed by atoms with Crippen LogP contribution in [0.15, 0.2) is 24.3 Å². The highest BCUT2D eigenvalue weighted by molar-refractivity contribution is 7.91. The number of sulfone groups is 1. The molecule has 1 fully saturated rings. The van der Waals surface area contributed by atoms with E-state index in [-0.39, 0.29) is 23.6 Å². The predicted molar refractivity (Wildman–Crippen MR) is 86.2 cm³/mol. The van der Waals surface area contributed by atoms with E-state index in [1.54, 1.807) is 31.2 Å². The maximum absolute atomic E-state index is 12.4. The highest BCUT2D eigenvalue weighted by atomic mass is 32.2. The Morgan fingerprint density at radius 3 is 2.70 bits per heavy atom. The van der Waals surface area contributed by atoms with Crippen LogP contribution >= 0.6 is 0 Å². The molecule has 1 aromatic carbocycles. The van der Waals surface area contributed by atoms with E-state index < -0.39 is 15.8 Å². The van der Waals surface area contributed by atoms with Gasteiger partial charge in [0, 0.05) is 31.3 Å². The molecule has 0 bridgehead atoms. The molecule has 1 heterocycles. The molecule has 1 saturated heterocycles. The second-order valence-corrected chi connectivity index (χ2v) is 7.62. The van der Waals surface area contributed by atoms with Crippen molar-refractivity contribution in [1.82, 2.24) is 4.90 Å². The minimum absolute atomic E-state index is 0.00173. The van der Waals surface area contributed by atoms with Gasteiger partial charge in [-0.1, -0.05) is 6.07 Å². The summed E-state index contributed by atoms with van der Waals surface area (Å²) in [6.07, 6.45) is 0.455. The first-order chi connectivity index (χ1) is 10.8. The van der Waals surface area contributed by atoms with Gasteiger partial charge in [0.05, 0.1) is 11.5 Å². The second-order valence-electron chi connectivity index (χ2n) is 5.39. The lowest BCUT2D eigenvalue weighted by Crippen LogP contribution is -2.43. The molecule has 7 nitrogen and oxygen atoms in total. The summed E-state index contributed by atoms with van der Waals surface area (Å²) in [6.45, 7) is 3.51. The molecule has 8 heteroatoms. The van der Waals surface area contributed by atoms with Gasteiger partial charge in [0.2, 0.25) is 0 Å². The smallest absolute Gasteiger partial charge is 0.322 e. The predicted octanol–water partition coefficient (Wildman–Crippen LogP) is 1.65. The summed E-state index contributed by atoms with van der Waals surface area (Å²) in [7, 11) is -3.06. The van der Waals surface area contributed by atoms with Gasteiger partial charge in [0.25, 0.3) is 0 Å². The number of hydrogen-bond acceptors (Lipinski definition) is 5. The first-order valence-corrected chi connectivity index (χ1v) is 9.19. The van der Waals surface area contributed by atoms with Crippen LogP contribution in [0.4, 0.5) is 10.5 Å². The Kier molecular flexibility index (Phi) is 5.25. The van der Waals surface area contributed by atoms with E-state index >= 15 is 0 Å². The van der Waals surface area contributed by atoms with Crippen molar-refractivity contribution in [3.8, 4) is 5.75 Å². The molecule has 0 aliphatic carbocycles. The Labute approximate surface area is 135 Å². The molecule has 1 aromatic rings. The van der Waals surface area contributed by atoms with Gasteiger partial charge in [-0.2, -0.15) is 0 Å². The zero-order valence-electron chi connectivity index (χ0n) is 13.1. The number of ether oxygens (including phenoxy) is 1. The summed E-state index contributed by atoms with van der Waals surface area (Å²) in [5.74, 6) is 0.00659. The third-order valence-corrected chi connectivity index (χ3v) is 5.35. The van der Waals surface area contributed by atoms with Crippen molar-refractivity contribution in [2.45, 2.75) is 26.3 Å². The number of benzene rings is 1. The van der Waals surface area contributed by atoms with Crippen LogP contribution in [0.25, 0.3) is 0 Å². The SMILES string of the molecule is CCN(C(=O)Nc1cccc(OC(C)=O)c1)C1CCS(=O)(=O)C1. The van der Waals surface area contributed by atoms with Crippen LogP contribution in [0, 0.1) is 0 Å². The fourth-order valence-corrected chi connectivity index (χ4v) is 4.32. The molecule has 1 aliphatic heterocycles. The Morgan fingerprint density at radius 2 is 2.13 bits per heavy atom. The molecule has 1 unspecified atom stereocenters. The molecule has 0 aromatic heterocycles. The number of rotatable bonds is 4. The normalized spacial score (nSPS) is 19.1. The number of nitrogens with one attached hydrogen (secondary N) is 1. The van der Waals surface area contributed by atoms with Crippen molar-refractivity contribution in [2.24, 2.45) is 0 Å². The number of carbonyl (C=O) groups excluding carboxylic acids is 2. The molecular weight excluding hydrogens is 320 g/mol. The van der Waals surface area contributed by atoms with Gasteiger partial charge < -0.3 is 15.0 Å². The van der Waals surface area contributed by atoms with Crippen molar-refractivity contribution >= 4 is 27.5 Å². The van der Waals surface area contributed by atoms with Crippen LogP contribution in [0.2, 0.25) is 0 Å². The molecule has 1 aliphatic rings. The number of hydrogen-bond donors (Lipinski definition) is 1. The van der Waals surface area contributed by atoms with E-state index in [1.807, 2.05) is 0 Å². The van der Waals surface area contributed by atoms with Gasteiger partial charge in [-0.15, -0.1) is 0 Å². The lowest BCUT2D eigenvalue weighted by molar-refractivity contribution is -0.131. The summed E-state index contributed by atoms with van der Waals surface area (Å²) in [4.78, 5) is 24.9. The van der Waals surface area contributed by atoms with Crippen LogP contribution in [0.1, 0.15) is 20.3 Å². The van der Waals surface area contributed by atoms with E-state index in [4.69, 9.17) is 4.74 Å². The van der Waals surface area contributed by atoms with Crippen molar-refractivity contribution in [3.05, 3.63) is 24.3 Å². The average Bonchev–Trinajstić information content (AvgIpc) is 2.79. The molecule has 126 valence electrons. The average molecular weight is 340 g/mol. The van der Waals surface area contributed by atoms with Crippen molar-refractivity contribution < 1.29 is 22.7 Å². The molecule has 1 atom stereocenters. The summed E-state index contributed by atoms with van der Waals surface area (Å²) in [6, 6.07) is 5.81. The van der Waals surface area contributed by atoms with E-state index in [9.17, 15) is 18.0 Å². The quantitative estimate of drug-likeness (QED) is 0.664. The Balaban J connectivity index is 2.06. The van der Waals surface area contributed by atoms with Gasteiger partial charge in [-0.3, -0.25) is 4.79 Å². The van der Waals surface area contributed by atoms with E-state index in [0.29, 0.717) is 24.4 Å². The number of urea groups is 1. The van der Waals surface area contributed by atoms with Gasteiger partial charge in [0.15, 0.2) is 9.84 Å². The fourth-order valence-electron chi connectivity index (χ4n) is 2.59. The molecular formula is C15H20N2O5S.